The topological polar surface area (TPSA) is 81.2 Å². The monoisotopic (exact) mass is 537 g/mol. The number of amides is 1. The Balaban J connectivity index is 1.94. The van der Waals surface area contributed by atoms with Crippen molar-refractivity contribution in [2.75, 3.05) is 0 Å². The fraction of sp³-hybridized carbons (Fsp3) is 0.357. The number of hydrogen-bond donors (Lipinski definition) is 1. The van der Waals surface area contributed by atoms with E-state index in [0.29, 0.717) is 17.0 Å². The summed E-state index contributed by atoms with van der Waals surface area (Å²) < 4.78 is 6.49. The molecule has 1 N–H and O–H groups in total. The molecule has 0 radical (unpaired) electrons. The molecule has 35 heavy (non-hydrogen) atoms. The lowest BCUT2D eigenvalue weighted by molar-refractivity contribution is -0.162. The molecule has 3 rings (SSSR count). The molecule has 1 atom stereocenters. The highest BCUT2D eigenvalue weighted by atomic mass is 79.9. The Kier molecular flexibility index (Phi) is 7.50. The molecule has 0 saturated heterocycles. The Bertz CT molecular complexity index is 1190. The Hall–Kier alpha value is -3.06. The number of benzene rings is 2. The molecule has 0 fully saturated rings. The van der Waals surface area contributed by atoms with Crippen molar-refractivity contribution in [3.63, 3.8) is 0 Å². The first-order chi connectivity index (χ1) is 16.2. The minimum Gasteiger partial charge on any atom is -0.458 e. The van der Waals surface area contributed by atoms with Crippen molar-refractivity contribution >= 4 is 27.8 Å². The molecule has 1 aromatic heterocycles. The van der Waals surface area contributed by atoms with E-state index in [9.17, 15) is 9.59 Å². The maximum Gasteiger partial charge on any atom is 0.336 e. The summed E-state index contributed by atoms with van der Waals surface area (Å²) in [6.07, 6.45) is 3.35. The Labute approximate surface area is 215 Å². The summed E-state index contributed by atoms with van der Waals surface area (Å²) in [4.78, 5) is 35.2. The average molecular weight is 538 g/mol. The highest BCUT2D eigenvalue weighted by molar-refractivity contribution is 9.10. The van der Waals surface area contributed by atoms with Gasteiger partial charge in [-0.3, -0.25) is 4.79 Å². The number of hydrogen-bond acceptors (Lipinski definition) is 5. The van der Waals surface area contributed by atoms with Gasteiger partial charge in [-0.05, 0) is 72.3 Å². The molecule has 0 unspecified atom stereocenters. The average Bonchev–Trinajstić information content (AvgIpc) is 2.78. The van der Waals surface area contributed by atoms with Crippen LogP contribution in [0.3, 0.4) is 0 Å². The number of esters is 1. The zero-order chi connectivity index (χ0) is 26.0. The third-order valence-corrected chi connectivity index (χ3v) is 5.93. The van der Waals surface area contributed by atoms with Crippen LogP contribution in [0.4, 0.5) is 0 Å². The van der Waals surface area contributed by atoms with E-state index in [-0.39, 0.29) is 11.3 Å². The summed E-state index contributed by atoms with van der Waals surface area (Å²) in [5.74, 6) is -0.349. The smallest absolute Gasteiger partial charge is 0.336 e. The van der Waals surface area contributed by atoms with Crippen molar-refractivity contribution in [2.24, 2.45) is 0 Å². The van der Waals surface area contributed by atoms with Crippen molar-refractivity contribution in [2.45, 2.75) is 65.0 Å². The van der Waals surface area contributed by atoms with Gasteiger partial charge in [0.2, 0.25) is 0 Å². The van der Waals surface area contributed by atoms with Gasteiger partial charge in [0.25, 0.3) is 5.91 Å². The van der Waals surface area contributed by atoms with Gasteiger partial charge in [0.05, 0.1) is 4.47 Å². The van der Waals surface area contributed by atoms with E-state index in [1.54, 1.807) is 64.4 Å². The Morgan fingerprint density at radius 1 is 0.800 bits per heavy atom. The molecule has 7 heteroatoms. The second-order valence-corrected chi connectivity index (χ2v) is 11.6. The van der Waals surface area contributed by atoms with Crippen LogP contribution in [0.25, 0.3) is 11.4 Å². The highest BCUT2D eigenvalue weighted by Crippen LogP contribution is 2.28. The van der Waals surface area contributed by atoms with Crippen LogP contribution in [0.15, 0.2) is 65.4 Å². The summed E-state index contributed by atoms with van der Waals surface area (Å²) in [6, 6.07) is 14.6. The van der Waals surface area contributed by atoms with Crippen LogP contribution in [0, 0.1) is 0 Å². The molecule has 1 heterocycles. The first kappa shape index (κ1) is 26.5. The zero-order valence-electron chi connectivity index (χ0n) is 21.3. The second-order valence-electron chi connectivity index (χ2n) is 10.7. The lowest BCUT2D eigenvalue weighted by Gasteiger charge is -2.33. The summed E-state index contributed by atoms with van der Waals surface area (Å²) in [5.41, 5.74) is 0.807. The van der Waals surface area contributed by atoms with E-state index in [1.165, 1.54) is 0 Å². The molecule has 0 saturated carbocycles. The molecular formula is C28H32BrN3O3. The fourth-order valence-corrected chi connectivity index (χ4v) is 3.66. The van der Waals surface area contributed by atoms with Crippen LogP contribution in [0.5, 0.6) is 0 Å². The van der Waals surface area contributed by atoms with E-state index in [1.807, 2.05) is 24.3 Å². The molecule has 2 aromatic carbocycles. The molecule has 0 aliphatic heterocycles. The third-order valence-electron chi connectivity index (χ3n) is 5.52. The third kappa shape index (κ3) is 6.54. The van der Waals surface area contributed by atoms with E-state index < -0.39 is 17.1 Å². The van der Waals surface area contributed by atoms with Crippen LogP contribution < -0.4 is 5.32 Å². The summed E-state index contributed by atoms with van der Waals surface area (Å²) in [6.45, 7) is 13.4. The van der Waals surface area contributed by atoms with Crippen LogP contribution in [-0.2, 0) is 20.5 Å². The number of ether oxygens (including phenoxy) is 1. The largest absolute Gasteiger partial charge is 0.458 e. The van der Waals surface area contributed by atoms with Crippen LogP contribution in [0.1, 0.15) is 70.0 Å². The second kappa shape index (κ2) is 9.90. The molecular weight excluding hydrogens is 506 g/mol. The minimum atomic E-state index is -1.41. The number of nitrogens with zero attached hydrogens (tertiary/aromatic N) is 2. The molecule has 0 spiro atoms. The molecule has 6 nitrogen and oxygen atoms in total. The van der Waals surface area contributed by atoms with Crippen LogP contribution in [-0.4, -0.2) is 27.4 Å². The summed E-state index contributed by atoms with van der Waals surface area (Å²) >= 11 is 3.33. The lowest BCUT2D eigenvalue weighted by atomic mass is 9.86. The lowest BCUT2D eigenvalue weighted by Crippen LogP contribution is -2.52. The Morgan fingerprint density at radius 3 is 1.80 bits per heavy atom. The fourth-order valence-electron chi connectivity index (χ4n) is 3.46. The van der Waals surface area contributed by atoms with Crippen LogP contribution >= 0.6 is 15.9 Å². The molecule has 3 aromatic rings. The van der Waals surface area contributed by atoms with Gasteiger partial charge in [-0.2, -0.15) is 0 Å². The molecule has 0 bridgehead atoms. The minimum absolute atomic E-state index is 0.0275. The maximum atomic E-state index is 13.4. The number of nitrogens with one attached hydrogen (secondary N) is 1. The first-order valence-electron chi connectivity index (χ1n) is 11.4. The van der Waals surface area contributed by atoms with Gasteiger partial charge in [0.15, 0.2) is 11.4 Å². The summed E-state index contributed by atoms with van der Waals surface area (Å²) in [5, 5.41) is 2.92. The Morgan fingerprint density at radius 2 is 1.31 bits per heavy atom. The highest BCUT2D eigenvalue weighted by Gasteiger charge is 2.40. The number of rotatable bonds is 5. The van der Waals surface area contributed by atoms with E-state index >= 15 is 0 Å². The normalized spacial score (nSPS) is 13.6. The van der Waals surface area contributed by atoms with Crippen molar-refractivity contribution in [1.29, 1.82) is 0 Å². The predicted octanol–water partition coefficient (Wildman–Crippen LogP) is 6.19. The number of carbonyl (C=O) groups excluding carboxylic acids is 2. The SMILES string of the molecule is CC(C)(C)OC(=O)[C@@](C)(NC(=O)c1ccc(C(C)(C)C)cc1)c1ccc(-c2ncc(Br)cn2)cc1. The van der Waals surface area contributed by atoms with Gasteiger partial charge in [0.1, 0.15) is 5.60 Å². The number of aromatic nitrogens is 2. The maximum absolute atomic E-state index is 13.4. The van der Waals surface area contributed by atoms with Gasteiger partial charge in [-0.25, -0.2) is 14.8 Å². The van der Waals surface area contributed by atoms with E-state index in [0.717, 1.165) is 15.6 Å². The molecule has 0 aliphatic carbocycles. The zero-order valence-corrected chi connectivity index (χ0v) is 22.9. The van der Waals surface area contributed by atoms with E-state index in [4.69, 9.17) is 4.74 Å². The van der Waals surface area contributed by atoms with Crippen LogP contribution in [0.2, 0.25) is 0 Å². The van der Waals surface area contributed by atoms with Gasteiger partial charge in [0, 0.05) is 23.5 Å². The van der Waals surface area contributed by atoms with Crippen molar-refractivity contribution < 1.29 is 14.3 Å². The standard InChI is InChI=1S/C28H32BrN3O3/c1-26(2,3)20-12-10-19(11-13-20)24(33)32-28(7,25(34)35-27(4,5)6)21-14-8-18(9-15-21)23-30-16-22(29)17-31-23/h8-17H,1-7H3,(H,32,33)/t28-/m0/s1. The molecule has 184 valence electrons. The molecule has 0 aliphatic rings. The van der Waals surface area contributed by atoms with E-state index in [2.05, 4.69) is 52.0 Å². The summed E-state index contributed by atoms with van der Waals surface area (Å²) in [7, 11) is 0. The van der Waals surface area contributed by atoms with Gasteiger partial charge in [-0.1, -0.05) is 57.2 Å². The predicted molar refractivity (Wildman–Crippen MR) is 141 cm³/mol. The molecule has 1 amide bonds. The first-order valence-corrected chi connectivity index (χ1v) is 12.2. The van der Waals surface area contributed by atoms with Gasteiger partial charge in [-0.15, -0.1) is 0 Å². The number of halogens is 1. The quantitative estimate of drug-likeness (QED) is 0.392. The van der Waals surface area contributed by atoms with Gasteiger partial charge < -0.3 is 10.1 Å². The van der Waals surface area contributed by atoms with Crippen molar-refractivity contribution in [3.05, 3.63) is 82.1 Å². The number of carbonyl (C=O) groups is 2. The van der Waals surface area contributed by atoms with Gasteiger partial charge >= 0.3 is 5.97 Å². The van der Waals surface area contributed by atoms with Crippen molar-refractivity contribution in [3.8, 4) is 11.4 Å². The van der Waals surface area contributed by atoms with Crippen molar-refractivity contribution in [1.82, 2.24) is 15.3 Å².